The molecule has 0 fully saturated rings. The number of nitrogens with two attached hydrogens (primary N) is 1. The normalized spacial score (nSPS) is 12.8. The maximum atomic E-state index is 6.10. The zero-order valence-electron chi connectivity index (χ0n) is 11.9. The average Bonchev–Trinajstić information content (AvgIpc) is 2.73. The fraction of sp³-hybridized carbons (Fsp3) is 0.857. The van der Waals surface area contributed by atoms with Crippen LogP contribution in [0.15, 0.2) is 6.20 Å². The Morgan fingerprint density at radius 1 is 1.17 bits per heavy atom. The number of hydrogen-bond donors (Lipinski definition) is 1. The van der Waals surface area contributed by atoms with Crippen molar-refractivity contribution in [2.24, 2.45) is 12.8 Å². The second kappa shape index (κ2) is 9.09. The molecule has 1 heterocycles. The Labute approximate surface area is 111 Å². The summed E-state index contributed by atoms with van der Waals surface area (Å²) in [7, 11) is 1.89. The number of rotatable bonds is 10. The van der Waals surface area contributed by atoms with E-state index in [0.29, 0.717) is 0 Å². The Hall–Kier alpha value is -0.900. The van der Waals surface area contributed by atoms with Gasteiger partial charge in [0.2, 0.25) is 0 Å². The van der Waals surface area contributed by atoms with Crippen LogP contribution in [0.1, 0.15) is 64.0 Å². The lowest BCUT2D eigenvalue weighted by molar-refractivity contribution is 0.525. The SMILES string of the molecule is CCCCCCCCCC(N)Cc1cn(C)nn1. The summed E-state index contributed by atoms with van der Waals surface area (Å²) in [5, 5.41) is 7.99. The summed E-state index contributed by atoms with van der Waals surface area (Å²) in [4.78, 5) is 0. The lowest BCUT2D eigenvalue weighted by Gasteiger charge is -2.09. The van der Waals surface area contributed by atoms with E-state index in [2.05, 4.69) is 17.2 Å². The van der Waals surface area contributed by atoms with Crippen molar-refractivity contribution in [1.29, 1.82) is 0 Å². The first-order valence-corrected chi connectivity index (χ1v) is 7.33. The third-order valence-corrected chi connectivity index (χ3v) is 3.30. The van der Waals surface area contributed by atoms with Crippen molar-refractivity contribution >= 4 is 0 Å². The van der Waals surface area contributed by atoms with E-state index in [-0.39, 0.29) is 6.04 Å². The van der Waals surface area contributed by atoms with E-state index in [1.807, 2.05) is 13.2 Å². The van der Waals surface area contributed by atoms with Crippen molar-refractivity contribution in [3.8, 4) is 0 Å². The first kappa shape index (κ1) is 15.2. The van der Waals surface area contributed by atoms with E-state index >= 15 is 0 Å². The van der Waals surface area contributed by atoms with Gasteiger partial charge in [0.1, 0.15) is 0 Å². The van der Waals surface area contributed by atoms with E-state index in [1.165, 1.54) is 44.9 Å². The zero-order chi connectivity index (χ0) is 13.2. The number of aromatic nitrogens is 3. The van der Waals surface area contributed by atoms with Crippen molar-refractivity contribution in [2.75, 3.05) is 0 Å². The number of aryl methyl sites for hydroxylation is 1. The maximum absolute atomic E-state index is 6.10. The summed E-state index contributed by atoms with van der Waals surface area (Å²) >= 11 is 0. The highest BCUT2D eigenvalue weighted by Crippen LogP contribution is 2.10. The van der Waals surface area contributed by atoms with Crippen LogP contribution in [-0.2, 0) is 13.5 Å². The van der Waals surface area contributed by atoms with E-state index in [4.69, 9.17) is 5.73 Å². The summed E-state index contributed by atoms with van der Waals surface area (Å²) in [6, 6.07) is 0.234. The van der Waals surface area contributed by atoms with Gasteiger partial charge < -0.3 is 5.73 Å². The van der Waals surface area contributed by atoms with Crippen LogP contribution in [0.25, 0.3) is 0 Å². The van der Waals surface area contributed by atoms with Crippen LogP contribution in [0.5, 0.6) is 0 Å². The van der Waals surface area contributed by atoms with Crippen molar-refractivity contribution in [1.82, 2.24) is 15.0 Å². The monoisotopic (exact) mass is 252 g/mol. The highest BCUT2D eigenvalue weighted by molar-refractivity contribution is 4.94. The molecule has 0 radical (unpaired) electrons. The molecule has 0 amide bonds. The Bertz CT molecular complexity index is 308. The highest BCUT2D eigenvalue weighted by atomic mass is 15.4. The van der Waals surface area contributed by atoms with Gasteiger partial charge in [-0.2, -0.15) is 0 Å². The van der Waals surface area contributed by atoms with Crippen molar-refractivity contribution < 1.29 is 0 Å². The van der Waals surface area contributed by atoms with Gasteiger partial charge in [0.15, 0.2) is 0 Å². The summed E-state index contributed by atoms with van der Waals surface area (Å²) in [6.07, 6.45) is 13.3. The molecule has 1 atom stereocenters. The van der Waals surface area contributed by atoms with Gasteiger partial charge in [-0.25, -0.2) is 0 Å². The molecule has 0 aromatic carbocycles. The van der Waals surface area contributed by atoms with E-state index < -0.39 is 0 Å². The van der Waals surface area contributed by atoms with Crippen LogP contribution < -0.4 is 5.73 Å². The van der Waals surface area contributed by atoms with Gasteiger partial charge in [0.05, 0.1) is 5.69 Å². The minimum Gasteiger partial charge on any atom is -0.327 e. The van der Waals surface area contributed by atoms with E-state index in [9.17, 15) is 0 Å². The van der Waals surface area contributed by atoms with Gasteiger partial charge in [0, 0.05) is 25.7 Å². The molecule has 18 heavy (non-hydrogen) atoms. The number of hydrogen-bond acceptors (Lipinski definition) is 3. The molecule has 0 saturated carbocycles. The quantitative estimate of drug-likeness (QED) is 0.651. The topological polar surface area (TPSA) is 56.7 Å². The first-order chi connectivity index (χ1) is 8.72. The summed E-state index contributed by atoms with van der Waals surface area (Å²) in [5.74, 6) is 0. The fourth-order valence-electron chi connectivity index (χ4n) is 2.22. The first-order valence-electron chi connectivity index (χ1n) is 7.33. The average molecular weight is 252 g/mol. The van der Waals surface area contributed by atoms with Gasteiger partial charge in [-0.3, -0.25) is 4.68 Å². The Morgan fingerprint density at radius 3 is 2.44 bits per heavy atom. The molecule has 1 unspecified atom stereocenters. The van der Waals surface area contributed by atoms with Crippen LogP contribution in [0.2, 0.25) is 0 Å². The van der Waals surface area contributed by atoms with Gasteiger partial charge in [-0.1, -0.05) is 57.1 Å². The minimum atomic E-state index is 0.234. The molecular weight excluding hydrogens is 224 g/mol. The third kappa shape index (κ3) is 6.74. The lowest BCUT2D eigenvalue weighted by atomic mass is 10.0. The third-order valence-electron chi connectivity index (χ3n) is 3.30. The molecule has 4 nitrogen and oxygen atoms in total. The van der Waals surface area contributed by atoms with Crippen LogP contribution in [-0.4, -0.2) is 21.0 Å². The number of unbranched alkanes of at least 4 members (excludes halogenated alkanes) is 6. The molecule has 1 aromatic heterocycles. The smallest absolute Gasteiger partial charge is 0.0842 e. The predicted octanol–water partition coefficient (Wildman–Crippen LogP) is 2.83. The standard InChI is InChI=1S/C14H28N4/c1-3-4-5-6-7-8-9-10-13(15)11-14-12-18(2)17-16-14/h12-13H,3-11,15H2,1-2H3. The summed E-state index contributed by atoms with van der Waals surface area (Å²) < 4.78 is 1.73. The molecule has 0 bridgehead atoms. The van der Waals surface area contributed by atoms with Crippen molar-refractivity contribution in [3.63, 3.8) is 0 Å². The highest BCUT2D eigenvalue weighted by Gasteiger charge is 2.06. The van der Waals surface area contributed by atoms with Crippen LogP contribution in [0.3, 0.4) is 0 Å². The molecule has 1 aromatic rings. The van der Waals surface area contributed by atoms with Crippen LogP contribution >= 0.6 is 0 Å². The number of nitrogens with zero attached hydrogens (tertiary/aromatic N) is 3. The van der Waals surface area contributed by atoms with Gasteiger partial charge in [0.25, 0.3) is 0 Å². The lowest BCUT2D eigenvalue weighted by Crippen LogP contribution is -2.22. The fourth-order valence-corrected chi connectivity index (χ4v) is 2.22. The van der Waals surface area contributed by atoms with Gasteiger partial charge in [-0.05, 0) is 6.42 Å². The molecule has 0 spiro atoms. The van der Waals surface area contributed by atoms with Crippen LogP contribution in [0, 0.1) is 0 Å². The summed E-state index contributed by atoms with van der Waals surface area (Å²) in [5.41, 5.74) is 7.11. The van der Waals surface area contributed by atoms with Crippen molar-refractivity contribution in [2.45, 2.75) is 70.8 Å². The maximum Gasteiger partial charge on any atom is 0.0842 e. The van der Waals surface area contributed by atoms with E-state index in [0.717, 1.165) is 18.5 Å². The van der Waals surface area contributed by atoms with Crippen LogP contribution in [0.4, 0.5) is 0 Å². The summed E-state index contributed by atoms with van der Waals surface area (Å²) in [6.45, 7) is 2.26. The molecule has 0 aliphatic heterocycles. The molecule has 0 saturated heterocycles. The predicted molar refractivity (Wildman–Crippen MR) is 75.3 cm³/mol. The zero-order valence-corrected chi connectivity index (χ0v) is 11.9. The molecule has 1 rings (SSSR count). The molecule has 0 aliphatic rings. The van der Waals surface area contributed by atoms with Gasteiger partial charge in [-0.15, -0.1) is 5.10 Å². The Balaban J connectivity index is 1.98. The molecule has 2 N–H and O–H groups in total. The Kier molecular flexibility index (Phi) is 7.65. The van der Waals surface area contributed by atoms with Gasteiger partial charge >= 0.3 is 0 Å². The van der Waals surface area contributed by atoms with Crippen molar-refractivity contribution in [3.05, 3.63) is 11.9 Å². The van der Waals surface area contributed by atoms with E-state index in [1.54, 1.807) is 4.68 Å². The molecule has 0 aliphatic carbocycles. The second-order valence-corrected chi connectivity index (χ2v) is 5.26. The molecule has 4 heteroatoms. The molecule has 104 valence electrons. The minimum absolute atomic E-state index is 0.234. The Morgan fingerprint density at radius 2 is 1.83 bits per heavy atom. The largest absolute Gasteiger partial charge is 0.327 e. The second-order valence-electron chi connectivity index (χ2n) is 5.26. The molecular formula is C14H28N4.